The third-order valence-electron chi connectivity index (χ3n) is 5.08. The largest absolute Gasteiger partial charge is 0.496 e. The lowest BCUT2D eigenvalue weighted by atomic mass is 9.85. The summed E-state index contributed by atoms with van der Waals surface area (Å²) in [7, 11) is 1.66. The first-order valence-electron chi connectivity index (χ1n) is 8.33. The Balaban J connectivity index is 2.10. The van der Waals surface area contributed by atoms with Gasteiger partial charge in [0.2, 0.25) is 5.91 Å². The molecule has 1 heterocycles. The molecule has 0 spiro atoms. The number of amides is 1. The van der Waals surface area contributed by atoms with Crippen molar-refractivity contribution in [1.82, 2.24) is 0 Å². The molecule has 0 atom stereocenters. The summed E-state index contributed by atoms with van der Waals surface area (Å²) in [5.41, 5.74) is 6.31. The highest BCUT2D eigenvalue weighted by Crippen LogP contribution is 2.47. The minimum absolute atomic E-state index is 0.126. The summed E-state index contributed by atoms with van der Waals surface area (Å²) < 4.78 is 5.52. The maximum atomic E-state index is 13.1. The summed E-state index contributed by atoms with van der Waals surface area (Å²) in [6.07, 6.45) is 0. The van der Waals surface area contributed by atoms with Crippen molar-refractivity contribution in [2.24, 2.45) is 0 Å². The van der Waals surface area contributed by atoms with Crippen LogP contribution in [-0.2, 0) is 16.8 Å². The number of hydrogen-bond acceptors (Lipinski definition) is 2. The molecule has 0 aromatic heterocycles. The average Bonchev–Trinajstić information content (AvgIpc) is 2.71. The van der Waals surface area contributed by atoms with Crippen molar-refractivity contribution in [3.05, 3.63) is 58.1 Å². The second kappa shape index (κ2) is 5.66. The van der Waals surface area contributed by atoms with Crippen LogP contribution in [0, 0.1) is 20.8 Å². The summed E-state index contributed by atoms with van der Waals surface area (Å²) in [6.45, 7) is 10.9. The van der Waals surface area contributed by atoms with Crippen LogP contribution in [0.4, 0.5) is 5.69 Å². The Morgan fingerprint density at radius 2 is 1.71 bits per heavy atom. The zero-order chi connectivity index (χ0) is 17.6. The molecule has 0 fully saturated rings. The van der Waals surface area contributed by atoms with E-state index in [2.05, 4.69) is 32.9 Å². The summed E-state index contributed by atoms with van der Waals surface area (Å²) in [4.78, 5) is 15.0. The Morgan fingerprint density at radius 3 is 2.29 bits per heavy atom. The monoisotopic (exact) mass is 323 g/mol. The minimum Gasteiger partial charge on any atom is -0.496 e. The lowest BCUT2D eigenvalue weighted by molar-refractivity contribution is -0.122. The van der Waals surface area contributed by atoms with E-state index in [1.807, 2.05) is 36.9 Å². The SMILES string of the molecule is COc1cccc2c1C(C)(C)C(=O)N2Cc1c(C)cc(C)cc1C. The molecule has 3 rings (SSSR count). The highest BCUT2D eigenvalue weighted by Gasteiger charge is 2.46. The predicted molar refractivity (Wildman–Crippen MR) is 97.9 cm³/mol. The van der Waals surface area contributed by atoms with Gasteiger partial charge in [0, 0.05) is 5.56 Å². The Kier molecular flexibility index (Phi) is 3.90. The number of hydrogen-bond donors (Lipinski definition) is 0. The number of fused-ring (bicyclic) bond motifs is 1. The van der Waals surface area contributed by atoms with E-state index in [1.54, 1.807) is 7.11 Å². The second-order valence-electron chi connectivity index (χ2n) is 7.25. The molecule has 1 aliphatic heterocycles. The van der Waals surface area contributed by atoms with E-state index < -0.39 is 5.41 Å². The molecule has 0 saturated carbocycles. The number of carbonyl (C=O) groups is 1. The number of aryl methyl sites for hydroxylation is 3. The molecule has 1 amide bonds. The van der Waals surface area contributed by atoms with Crippen LogP contribution in [0.2, 0.25) is 0 Å². The highest BCUT2D eigenvalue weighted by atomic mass is 16.5. The van der Waals surface area contributed by atoms with Gasteiger partial charge in [-0.15, -0.1) is 0 Å². The van der Waals surface area contributed by atoms with Gasteiger partial charge in [0.1, 0.15) is 5.75 Å². The van der Waals surface area contributed by atoms with Crippen LogP contribution in [0.25, 0.3) is 0 Å². The van der Waals surface area contributed by atoms with Gasteiger partial charge in [-0.1, -0.05) is 23.8 Å². The molecule has 3 heteroatoms. The first-order valence-corrected chi connectivity index (χ1v) is 8.33. The van der Waals surface area contributed by atoms with Crippen molar-refractivity contribution in [1.29, 1.82) is 0 Å². The van der Waals surface area contributed by atoms with E-state index in [1.165, 1.54) is 22.3 Å². The Labute approximate surface area is 144 Å². The highest BCUT2D eigenvalue weighted by molar-refractivity contribution is 6.08. The van der Waals surface area contributed by atoms with E-state index in [0.717, 1.165) is 17.0 Å². The summed E-state index contributed by atoms with van der Waals surface area (Å²) in [6, 6.07) is 10.3. The van der Waals surface area contributed by atoms with Crippen LogP contribution in [0.15, 0.2) is 30.3 Å². The molecule has 2 aromatic carbocycles. The van der Waals surface area contributed by atoms with Gasteiger partial charge in [-0.25, -0.2) is 0 Å². The number of methoxy groups -OCH3 is 1. The third kappa shape index (κ3) is 2.39. The molecule has 0 unspecified atom stereocenters. The van der Waals surface area contributed by atoms with Crippen molar-refractivity contribution in [2.45, 2.75) is 46.6 Å². The van der Waals surface area contributed by atoms with E-state index in [0.29, 0.717) is 6.54 Å². The fraction of sp³-hybridized carbons (Fsp3) is 0.381. The van der Waals surface area contributed by atoms with Crippen molar-refractivity contribution in [3.63, 3.8) is 0 Å². The lowest BCUT2D eigenvalue weighted by Gasteiger charge is -2.22. The number of nitrogens with zero attached hydrogens (tertiary/aromatic N) is 1. The molecule has 1 aliphatic rings. The normalized spacial score (nSPS) is 15.6. The fourth-order valence-corrected chi connectivity index (χ4v) is 3.87. The molecule has 0 bridgehead atoms. The second-order valence-corrected chi connectivity index (χ2v) is 7.25. The molecular formula is C21H25NO2. The molecule has 24 heavy (non-hydrogen) atoms. The number of anilines is 1. The first-order chi connectivity index (χ1) is 11.3. The minimum atomic E-state index is -0.575. The predicted octanol–water partition coefficient (Wildman–Crippen LogP) is 4.44. The van der Waals surface area contributed by atoms with Crippen molar-refractivity contribution >= 4 is 11.6 Å². The van der Waals surface area contributed by atoms with E-state index >= 15 is 0 Å². The van der Waals surface area contributed by atoms with Crippen LogP contribution in [0.1, 0.15) is 41.7 Å². The fourth-order valence-electron chi connectivity index (χ4n) is 3.87. The molecule has 0 N–H and O–H groups in total. The molecule has 3 nitrogen and oxygen atoms in total. The summed E-state index contributed by atoms with van der Waals surface area (Å²) in [5, 5.41) is 0. The molecular weight excluding hydrogens is 298 g/mol. The smallest absolute Gasteiger partial charge is 0.237 e. The molecule has 0 radical (unpaired) electrons. The molecule has 126 valence electrons. The number of benzene rings is 2. The Bertz CT molecular complexity index is 798. The van der Waals surface area contributed by atoms with E-state index in [4.69, 9.17) is 4.74 Å². The first kappa shape index (κ1) is 16.6. The van der Waals surface area contributed by atoms with Crippen LogP contribution in [0.5, 0.6) is 5.75 Å². The standard InChI is InChI=1S/C21H25NO2/c1-13-10-14(2)16(15(3)11-13)12-22-17-8-7-9-18(24-6)19(17)21(4,5)20(22)23/h7-11H,12H2,1-6H3. The van der Waals surface area contributed by atoms with Gasteiger partial charge in [-0.05, 0) is 63.4 Å². The van der Waals surface area contributed by atoms with Gasteiger partial charge in [0.25, 0.3) is 0 Å². The maximum absolute atomic E-state index is 13.1. The number of rotatable bonds is 3. The van der Waals surface area contributed by atoms with Crippen LogP contribution in [-0.4, -0.2) is 13.0 Å². The zero-order valence-electron chi connectivity index (χ0n) is 15.4. The Morgan fingerprint density at radius 1 is 1.08 bits per heavy atom. The van der Waals surface area contributed by atoms with Crippen LogP contribution < -0.4 is 9.64 Å². The van der Waals surface area contributed by atoms with Crippen molar-refractivity contribution < 1.29 is 9.53 Å². The summed E-state index contributed by atoms with van der Waals surface area (Å²) >= 11 is 0. The van der Waals surface area contributed by atoms with Crippen molar-refractivity contribution in [3.8, 4) is 5.75 Å². The quantitative estimate of drug-likeness (QED) is 0.835. The maximum Gasteiger partial charge on any atom is 0.237 e. The van der Waals surface area contributed by atoms with Crippen LogP contribution >= 0.6 is 0 Å². The van der Waals surface area contributed by atoms with Gasteiger partial charge in [-0.3, -0.25) is 4.79 Å². The van der Waals surface area contributed by atoms with Crippen molar-refractivity contribution in [2.75, 3.05) is 12.0 Å². The number of ether oxygens (including phenoxy) is 1. The Hall–Kier alpha value is -2.29. The molecule has 0 saturated heterocycles. The van der Waals surface area contributed by atoms with Gasteiger partial charge in [-0.2, -0.15) is 0 Å². The van der Waals surface area contributed by atoms with Gasteiger partial charge >= 0.3 is 0 Å². The molecule has 2 aromatic rings. The van der Waals surface area contributed by atoms with E-state index in [9.17, 15) is 4.79 Å². The lowest BCUT2D eigenvalue weighted by Crippen LogP contribution is -2.36. The number of carbonyl (C=O) groups excluding carboxylic acids is 1. The topological polar surface area (TPSA) is 29.5 Å². The summed E-state index contributed by atoms with van der Waals surface area (Å²) in [5.74, 6) is 0.909. The van der Waals surface area contributed by atoms with E-state index in [-0.39, 0.29) is 5.91 Å². The van der Waals surface area contributed by atoms with Gasteiger partial charge < -0.3 is 9.64 Å². The zero-order valence-corrected chi connectivity index (χ0v) is 15.4. The van der Waals surface area contributed by atoms with Gasteiger partial charge in [0.05, 0.1) is 24.8 Å². The van der Waals surface area contributed by atoms with Crippen LogP contribution in [0.3, 0.4) is 0 Å². The average molecular weight is 323 g/mol. The van der Waals surface area contributed by atoms with Gasteiger partial charge in [0.15, 0.2) is 0 Å². The third-order valence-corrected chi connectivity index (χ3v) is 5.08. The molecule has 0 aliphatic carbocycles.